The molecule has 0 saturated carbocycles. The molecule has 0 radical (unpaired) electrons. The zero-order chi connectivity index (χ0) is 19.8. The average Bonchev–Trinajstić information content (AvgIpc) is 3.26. The summed E-state index contributed by atoms with van der Waals surface area (Å²) in [7, 11) is 1.63. The van der Waals surface area contributed by atoms with Crippen molar-refractivity contribution in [3.63, 3.8) is 0 Å². The van der Waals surface area contributed by atoms with Crippen molar-refractivity contribution in [2.75, 3.05) is 30.8 Å². The fourth-order valence-corrected chi connectivity index (χ4v) is 4.44. The lowest BCUT2D eigenvalue weighted by atomic mass is 9.82. The number of carbonyl (C=O) groups is 1. The first-order chi connectivity index (χ1) is 14.2. The summed E-state index contributed by atoms with van der Waals surface area (Å²) < 4.78 is 7.45. The molecule has 1 spiro atoms. The molecule has 0 bridgehead atoms. The van der Waals surface area contributed by atoms with Crippen LogP contribution in [0.1, 0.15) is 18.5 Å². The maximum atomic E-state index is 12.7. The summed E-state index contributed by atoms with van der Waals surface area (Å²) >= 11 is 0. The van der Waals surface area contributed by atoms with Gasteiger partial charge in [0.25, 0.3) is 0 Å². The molecule has 29 heavy (non-hydrogen) atoms. The fourth-order valence-electron chi connectivity index (χ4n) is 4.44. The molecular weight excluding hydrogens is 364 g/mol. The Morgan fingerprint density at radius 3 is 2.55 bits per heavy atom. The number of urea groups is 1. The number of methoxy groups -OCH3 is 1. The molecule has 2 aliphatic heterocycles. The molecule has 0 atom stereocenters. The Kier molecular flexibility index (Phi) is 4.19. The smallest absolute Gasteiger partial charge is 0.321 e. The summed E-state index contributed by atoms with van der Waals surface area (Å²) in [6.07, 6.45) is 3.85. The monoisotopic (exact) mass is 388 g/mol. The van der Waals surface area contributed by atoms with Crippen LogP contribution >= 0.6 is 0 Å². The first-order valence-corrected chi connectivity index (χ1v) is 9.94. The van der Waals surface area contributed by atoms with E-state index in [1.54, 1.807) is 7.11 Å². The zero-order valence-electron chi connectivity index (χ0n) is 16.4. The number of aromatic nitrogens is 1. The van der Waals surface area contributed by atoms with E-state index in [2.05, 4.69) is 57.8 Å². The van der Waals surface area contributed by atoms with Crippen LogP contribution in [0.5, 0.6) is 5.75 Å². The molecule has 148 valence electrons. The Balaban J connectivity index is 1.31. The Morgan fingerprint density at radius 2 is 1.79 bits per heavy atom. The van der Waals surface area contributed by atoms with Gasteiger partial charge in [-0.25, -0.2) is 4.79 Å². The molecule has 0 unspecified atom stereocenters. The lowest BCUT2D eigenvalue weighted by Crippen LogP contribution is -2.51. The summed E-state index contributed by atoms with van der Waals surface area (Å²) in [6, 6.07) is 20.0. The first-order valence-electron chi connectivity index (χ1n) is 9.94. The van der Waals surface area contributed by atoms with Crippen LogP contribution in [0.25, 0.3) is 5.69 Å². The molecule has 2 aromatic carbocycles. The van der Waals surface area contributed by atoms with Crippen LogP contribution in [-0.2, 0) is 5.54 Å². The van der Waals surface area contributed by atoms with Gasteiger partial charge in [0.2, 0.25) is 0 Å². The minimum Gasteiger partial charge on any atom is -0.497 e. The molecular formula is C23H24N4O2. The summed E-state index contributed by atoms with van der Waals surface area (Å²) in [6.45, 7) is 1.39. The van der Waals surface area contributed by atoms with Gasteiger partial charge in [0.05, 0.1) is 24.0 Å². The van der Waals surface area contributed by atoms with Gasteiger partial charge < -0.3 is 24.8 Å². The van der Waals surface area contributed by atoms with E-state index in [4.69, 9.17) is 4.74 Å². The number of nitrogens with zero attached hydrogens (tertiary/aromatic N) is 2. The molecule has 1 aromatic heterocycles. The topological polar surface area (TPSA) is 58.5 Å². The molecule has 1 saturated heterocycles. The lowest BCUT2D eigenvalue weighted by molar-refractivity contribution is 0.174. The lowest BCUT2D eigenvalue weighted by Gasteiger charge is -2.46. The highest BCUT2D eigenvalue weighted by atomic mass is 16.5. The fraction of sp³-hybridized carbons (Fsp3) is 0.261. The number of ether oxygens (including phenoxy) is 1. The maximum Gasteiger partial charge on any atom is 0.321 e. The van der Waals surface area contributed by atoms with Crippen LogP contribution in [0, 0.1) is 0 Å². The van der Waals surface area contributed by atoms with E-state index in [0.717, 1.165) is 30.0 Å². The molecule has 6 nitrogen and oxygen atoms in total. The summed E-state index contributed by atoms with van der Waals surface area (Å²) in [4.78, 5) is 14.6. The predicted molar refractivity (Wildman–Crippen MR) is 114 cm³/mol. The summed E-state index contributed by atoms with van der Waals surface area (Å²) in [5.74, 6) is 0.773. The number of benzene rings is 2. The van der Waals surface area contributed by atoms with Gasteiger partial charge in [-0.1, -0.05) is 12.1 Å². The van der Waals surface area contributed by atoms with Gasteiger partial charge in [0, 0.05) is 30.7 Å². The Morgan fingerprint density at radius 1 is 1.03 bits per heavy atom. The van der Waals surface area contributed by atoms with E-state index in [1.807, 2.05) is 29.2 Å². The SMILES string of the molecule is COc1ccc(NC(=O)N2CCC3(CC2)Nc2ccccc2-n2cccc23)cc1. The zero-order valence-corrected chi connectivity index (χ0v) is 16.4. The van der Waals surface area contributed by atoms with Gasteiger partial charge in [-0.15, -0.1) is 0 Å². The van der Waals surface area contributed by atoms with Crippen molar-refractivity contribution in [3.05, 3.63) is 72.6 Å². The second-order valence-corrected chi connectivity index (χ2v) is 7.63. The van der Waals surface area contributed by atoms with E-state index in [-0.39, 0.29) is 11.6 Å². The van der Waals surface area contributed by atoms with E-state index < -0.39 is 0 Å². The molecule has 2 amide bonds. The Hall–Kier alpha value is -3.41. The van der Waals surface area contributed by atoms with E-state index in [9.17, 15) is 4.79 Å². The quantitative estimate of drug-likeness (QED) is 0.683. The third-order valence-electron chi connectivity index (χ3n) is 6.02. The second-order valence-electron chi connectivity index (χ2n) is 7.63. The van der Waals surface area contributed by atoms with Crippen LogP contribution in [-0.4, -0.2) is 35.7 Å². The highest BCUT2D eigenvalue weighted by Gasteiger charge is 2.42. The van der Waals surface area contributed by atoms with Crippen LogP contribution in [0.15, 0.2) is 66.9 Å². The summed E-state index contributed by atoms with van der Waals surface area (Å²) in [5.41, 5.74) is 4.22. The number of nitrogens with one attached hydrogen (secondary N) is 2. The maximum absolute atomic E-state index is 12.7. The number of amides is 2. The van der Waals surface area contributed by atoms with Crippen molar-refractivity contribution in [1.29, 1.82) is 0 Å². The van der Waals surface area contributed by atoms with Crippen LogP contribution in [0.3, 0.4) is 0 Å². The molecule has 5 rings (SSSR count). The van der Waals surface area contributed by atoms with E-state index in [1.165, 1.54) is 11.4 Å². The van der Waals surface area contributed by atoms with Crippen molar-refractivity contribution < 1.29 is 9.53 Å². The van der Waals surface area contributed by atoms with Gasteiger partial charge in [0.1, 0.15) is 5.75 Å². The first kappa shape index (κ1) is 17.7. The molecule has 2 aliphatic rings. The highest BCUT2D eigenvalue weighted by molar-refractivity contribution is 5.89. The second kappa shape index (κ2) is 6.88. The van der Waals surface area contributed by atoms with Crippen molar-refractivity contribution in [2.24, 2.45) is 0 Å². The van der Waals surface area contributed by atoms with Gasteiger partial charge in [-0.3, -0.25) is 0 Å². The van der Waals surface area contributed by atoms with Crippen LogP contribution < -0.4 is 15.4 Å². The molecule has 2 N–H and O–H groups in total. The highest BCUT2D eigenvalue weighted by Crippen LogP contribution is 2.43. The largest absolute Gasteiger partial charge is 0.497 e. The van der Waals surface area contributed by atoms with Gasteiger partial charge in [-0.05, 0) is 61.4 Å². The van der Waals surface area contributed by atoms with Gasteiger partial charge in [0.15, 0.2) is 0 Å². The number of para-hydroxylation sites is 2. The number of anilines is 2. The van der Waals surface area contributed by atoms with Crippen LogP contribution in [0.4, 0.5) is 16.2 Å². The third kappa shape index (κ3) is 3.01. The molecule has 0 aliphatic carbocycles. The summed E-state index contributed by atoms with van der Waals surface area (Å²) in [5, 5.41) is 6.77. The number of fused-ring (bicyclic) bond motifs is 4. The molecule has 6 heteroatoms. The number of hydrogen-bond donors (Lipinski definition) is 2. The van der Waals surface area contributed by atoms with E-state index >= 15 is 0 Å². The van der Waals surface area contributed by atoms with Crippen molar-refractivity contribution in [1.82, 2.24) is 9.47 Å². The van der Waals surface area contributed by atoms with E-state index in [0.29, 0.717) is 13.1 Å². The van der Waals surface area contributed by atoms with Crippen molar-refractivity contribution in [2.45, 2.75) is 18.4 Å². The third-order valence-corrected chi connectivity index (χ3v) is 6.02. The minimum atomic E-state index is -0.144. The number of likely N-dealkylation sites (tertiary alicyclic amines) is 1. The van der Waals surface area contributed by atoms with Crippen molar-refractivity contribution in [3.8, 4) is 11.4 Å². The Bertz CT molecular complexity index is 1030. The van der Waals surface area contributed by atoms with Crippen molar-refractivity contribution >= 4 is 17.4 Å². The molecule has 1 fully saturated rings. The molecule has 3 aromatic rings. The van der Waals surface area contributed by atoms with Gasteiger partial charge >= 0.3 is 6.03 Å². The molecule has 3 heterocycles. The minimum absolute atomic E-state index is 0.0587. The van der Waals surface area contributed by atoms with Crippen LogP contribution in [0.2, 0.25) is 0 Å². The normalized spacial score (nSPS) is 16.5. The Labute approximate surface area is 170 Å². The number of carbonyl (C=O) groups excluding carboxylic acids is 1. The van der Waals surface area contributed by atoms with Gasteiger partial charge in [-0.2, -0.15) is 0 Å². The number of rotatable bonds is 2. The number of hydrogen-bond acceptors (Lipinski definition) is 3. The number of piperidine rings is 1. The predicted octanol–water partition coefficient (Wildman–Crippen LogP) is 4.43. The average molecular weight is 388 g/mol. The standard InChI is InChI=1S/C23H24N4O2/c1-29-18-10-8-17(9-11-18)24-22(28)26-15-12-23(13-16-26)21-7-4-14-27(21)20-6-3-2-5-19(20)25-23/h2-11,14,25H,12-13,15-16H2,1H3,(H,24,28).